The van der Waals surface area contributed by atoms with E-state index >= 15 is 0 Å². The van der Waals surface area contributed by atoms with Gasteiger partial charge in [0, 0.05) is 32.9 Å². The van der Waals surface area contributed by atoms with Gasteiger partial charge in [-0.25, -0.2) is 4.98 Å². The van der Waals surface area contributed by atoms with Gasteiger partial charge >= 0.3 is 0 Å². The molecule has 4 rings (SSSR count). The second-order valence-electron chi connectivity index (χ2n) is 6.72. The molecule has 1 aromatic heterocycles. The summed E-state index contributed by atoms with van der Waals surface area (Å²) in [7, 11) is 2.02. The number of carbonyl (C=O) groups excluding carboxylic acids is 1. The van der Waals surface area contributed by atoms with Gasteiger partial charge in [-0.05, 0) is 35.7 Å². The van der Waals surface area contributed by atoms with Crippen molar-refractivity contribution in [1.29, 1.82) is 0 Å². The number of nitrogens with zero attached hydrogens (tertiary/aromatic N) is 2. The molecule has 1 amide bonds. The van der Waals surface area contributed by atoms with Crippen molar-refractivity contribution in [1.82, 2.24) is 14.9 Å². The van der Waals surface area contributed by atoms with E-state index in [2.05, 4.69) is 33.1 Å². The second kappa shape index (κ2) is 7.20. The van der Waals surface area contributed by atoms with E-state index in [4.69, 9.17) is 4.74 Å². The van der Waals surface area contributed by atoms with Gasteiger partial charge in [0.05, 0.1) is 17.6 Å². The second-order valence-corrected chi connectivity index (χ2v) is 6.72. The van der Waals surface area contributed by atoms with E-state index in [-0.39, 0.29) is 5.91 Å². The molecular weight excluding hydrogens is 326 g/mol. The number of carbonyl (C=O) groups is 1. The molecule has 1 N–H and O–H groups in total. The van der Waals surface area contributed by atoms with Crippen LogP contribution in [-0.2, 0) is 31.1 Å². The summed E-state index contributed by atoms with van der Waals surface area (Å²) >= 11 is 0. The number of rotatable bonds is 6. The first-order chi connectivity index (χ1) is 12.7. The van der Waals surface area contributed by atoms with Crippen LogP contribution in [0.3, 0.4) is 0 Å². The standard InChI is InChI=1S/C21H23N3O2/c1-24-18-5-3-2-4-17(18)23-20(24)10-12-22-21(25)9-7-15-6-8-19-16(14-15)11-13-26-19/h2-6,8,14H,7,9-13H2,1H3,(H,22,25). The van der Waals surface area contributed by atoms with Gasteiger partial charge in [0.1, 0.15) is 11.6 Å². The zero-order valence-corrected chi connectivity index (χ0v) is 15.0. The molecule has 0 radical (unpaired) electrons. The van der Waals surface area contributed by atoms with Gasteiger partial charge in [-0.3, -0.25) is 4.79 Å². The third-order valence-corrected chi connectivity index (χ3v) is 4.95. The molecule has 0 spiro atoms. The molecule has 0 saturated carbocycles. The first kappa shape index (κ1) is 16.6. The molecule has 1 aliphatic heterocycles. The van der Waals surface area contributed by atoms with Crippen LogP contribution < -0.4 is 10.1 Å². The van der Waals surface area contributed by atoms with E-state index in [0.29, 0.717) is 13.0 Å². The van der Waals surface area contributed by atoms with Crippen LogP contribution >= 0.6 is 0 Å². The molecule has 1 aliphatic rings. The monoisotopic (exact) mass is 349 g/mol. The summed E-state index contributed by atoms with van der Waals surface area (Å²) in [4.78, 5) is 16.8. The Bertz CT molecular complexity index is 946. The number of amides is 1. The molecule has 0 atom stereocenters. The van der Waals surface area contributed by atoms with E-state index in [0.717, 1.165) is 48.5 Å². The lowest BCUT2D eigenvalue weighted by Crippen LogP contribution is -2.26. The van der Waals surface area contributed by atoms with Crippen molar-refractivity contribution in [2.24, 2.45) is 7.05 Å². The molecule has 0 unspecified atom stereocenters. The Morgan fingerprint density at radius 1 is 1.23 bits per heavy atom. The average Bonchev–Trinajstić information content (AvgIpc) is 3.25. The zero-order valence-electron chi connectivity index (χ0n) is 15.0. The summed E-state index contributed by atoms with van der Waals surface area (Å²) in [6.45, 7) is 1.37. The molecule has 2 heterocycles. The highest BCUT2D eigenvalue weighted by Gasteiger charge is 2.12. The smallest absolute Gasteiger partial charge is 0.220 e. The van der Waals surface area contributed by atoms with Gasteiger partial charge in [0.2, 0.25) is 5.91 Å². The minimum Gasteiger partial charge on any atom is -0.493 e. The topological polar surface area (TPSA) is 56.2 Å². The van der Waals surface area contributed by atoms with Gasteiger partial charge in [-0.2, -0.15) is 0 Å². The predicted octanol–water partition coefficient (Wildman–Crippen LogP) is 2.80. The third kappa shape index (κ3) is 3.43. The van der Waals surface area contributed by atoms with Crippen LogP contribution in [0.4, 0.5) is 0 Å². The number of para-hydroxylation sites is 2. The molecule has 0 bridgehead atoms. The predicted molar refractivity (Wildman–Crippen MR) is 101 cm³/mol. The van der Waals surface area contributed by atoms with Gasteiger partial charge in [-0.15, -0.1) is 0 Å². The third-order valence-electron chi connectivity index (χ3n) is 4.95. The molecule has 0 fully saturated rings. The highest BCUT2D eigenvalue weighted by Crippen LogP contribution is 2.26. The molecule has 26 heavy (non-hydrogen) atoms. The molecule has 0 aliphatic carbocycles. The van der Waals surface area contributed by atoms with Crippen LogP contribution in [0.15, 0.2) is 42.5 Å². The van der Waals surface area contributed by atoms with Crippen molar-refractivity contribution in [2.45, 2.75) is 25.7 Å². The Hall–Kier alpha value is -2.82. The fraction of sp³-hybridized carbons (Fsp3) is 0.333. The quantitative estimate of drug-likeness (QED) is 0.744. The number of hydrogen-bond acceptors (Lipinski definition) is 3. The van der Waals surface area contributed by atoms with Crippen molar-refractivity contribution < 1.29 is 9.53 Å². The molecule has 0 saturated heterocycles. The first-order valence-electron chi connectivity index (χ1n) is 9.12. The van der Waals surface area contributed by atoms with Crippen LogP contribution in [0.2, 0.25) is 0 Å². The molecule has 134 valence electrons. The van der Waals surface area contributed by atoms with Crippen molar-refractivity contribution in [3.63, 3.8) is 0 Å². The van der Waals surface area contributed by atoms with Crippen LogP contribution in [0.1, 0.15) is 23.4 Å². The van der Waals surface area contributed by atoms with Crippen molar-refractivity contribution in [2.75, 3.05) is 13.2 Å². The fourth-order valence-corrected chi connectivity index (χ4v) is 3.47. The number of aryl methyl sites for hydroxylation is 2. The number of fused-ring (bicyclic) bond motifs is 2. The van der Waals surface area contributed by atoms with Crippen LogP contribution in [0, 0.1) is 0 Å². The van der Waals surface area contributed by atoms with Crippen LogP contribution in [0.5, 0.6) is 5.75 Å². The molecular formula is C21H23N3O2. The lowest BCUT2D eigenvalue weighted by Gasteiger charge is -2.07. The van der Waals surface area contributed by atoms with Gasteiger partial charge in [-0.1, -0.05) is 24.3 Å². The van der Waals surface area contributed by atoms with Crippen molar-refractivity contribution in [3.05, 3.63) is 59.4 Å². The van der Waals surface area contributed by atoms with Gasteiger partial charge in [0.25, 0.3) is 0 Å². The maximum absolute atomic E-state index is 12.1. The lowest BCUT2D eigenvalue weighted by atomic mass is 10.0. The Kier molecular flexibility index (Phi) is 4.61. The Labute approximate surface area is 153 Å². The molecule has 3 aromatic rings. The number of hydrogen-bond donors (Lipinski definition) is 1. The average molecular weight is 349 g/mol. The highest BCUT2D eigenvalue weighted by molar-refractivity contribution is 5.77. The number of benzene rings is 2. The van der Waals surface area contributed by atoms with E-state index in [9.17, 15) is 4.79 Å². The number of nitrogens with one attached hydrogen (secondary N) is 1. The Balaban J connectivity index is 1.27. The SMILES string of the molecule is Cn1c(CCNC(=O)CCc2ccc3c(c2)CCO3)nc2ccccc21. The summed E-state index contributed by atoms with van der Waals surface area (Å²) in [6, 6.07) is 14.3. The number of imidazole rings is 1. The normalized spacial score (nSPS) is 12.8. The van der Waals surface area contributed by atoms with Crippen LogP contribution in [-0.4, -0.2) is 28.6 Å². The van der Waals surface area contributed by atoms with Crippen molar-refractivity contribution in [3.8, 4) is 5.75 Å². The molecule has 2 aromatic carbocycles. The highest BCUT2D eigenvalue weighted by atomic mass is 16.5. The van der Waals surface area contributed by atoms with E-state index in [1.165, 1.54) is 11.1 Å². The number of ether oxygens (including phenoxy) is 1. The van der Waals surface area contributed by atoms with Gasteiger partial charge in [0.15, 0.2) is 0 Å². The Morgan fingerprint density at radius 2 is 2.12 bits per heavy atom. The van der Waals surface area contributed by atoms with E-state index in [1.54, 1.807) is 0 Å². The van der Waals surface area contributed by atoms with E-state index in [1.807, 2.05) is 31.3 Å². The summed E-state index contributed by atoms with van der Waals surface area (Å²) in [5, 5.41) is 3.01. The van der Waals surface area contributed by atoms with Gasteiger partial charge < -0.3 is 14.6 Å². The number of aromatic nitrogens is 2. The van der Waals surface area contributed by atoms with Crippen LogP contribution in [0.25, 0.3) is 11.0 Å². The fourth-order valence-electron chi connectivity index (χ4n) is 3.47. The maximum Gasteiger partial charge on any atom is 0.220 e. The zero-order chi connectivity index (χ0) is 17.9. The lowest BCUT2D eigenvalue weighted by molar-refractivity contribution is -0.121. The Morgan fingerprint density at radius 3 is 3.00 bits per heavy atom. The summed E-state index contributed by atoms with van der Waals surface area (Å²) in [5.74, 6) is 2.06. The van der Waals surface area contributed by atoms with E-state index < -0.39 is 0 Å². The minimum atomic E-state index is 0.0838. The summed E-state index contributed by atoms with van der Waals surface area (Å²) in [6.07, 6.45) is 2.95. The van der Waals surface area contributed by atoms with Crippen molar-refractivity contribution >= 4 is 16.9 Å². The largest absolute Gasteiger partial charge is 0.493 e. The summed E-state index contributed by atoms with van der Waals surface area (Å²) < 4.78 is 7.61. The molecule has 5 nitrogen and oxygen atoms in total. The summed E-state index contributed by atoms with van der Waals surface area (Å²) in [5.41, 5.74) is 4.57. The minimum absolute atomic E-state index is 0.0838. The maximum atomic E-state index is 12.1. The molecule has 5 heteroatoms. The first-order valence-corrected chi connectivity index (χ1v) is 9.12.